The summed E-state index contributed by atoms with van der Waals surface area (Å²) in [5, 5.41) is 0. The molecule has 0 bridgehead atoms. The summed E-state index contributed by atoms with van der Waals surface area (Å²) in [6.07, 6.45) is 2.34. The zero-order valence-electron chi connectivity index (χ0n) is 14.4. The van der Waals surface area contributed by atoms with E-state index in [-0.39, 0.29) is 0 Å². The number of aryl methyl sites for hydroxylation is 1. The highest BCUT2D eigenvalue weighted by Gasteiger charge is 2.08. The smallest absolute Gasteiger partial charge is 0.0433 e. The van der Waals surface area contributed by atoms with Crippen LogP contribution in [0.4, 0.5) is 5.69 Å². The molecule has 0 fully saturated rings. The van der Waals surface area contributed by atoms with Gasteiger partial charge in [-0.15, -0.1) is 0 Å². The first-order chi connectivity index (χ1) is 11.8. The number of benzene rings is 3. The van der Waals surface area contributed by atoms with Crippen LogP contribution in [0.25, 0.3) is 0 Å². The van der Waals surface area contributed by atoms with Crippen LogP contribution in [0.1, 0.15) is 30.0 Å². The second-order valence-electron chi connectivity index (χ2n) is 6.24. The van der Waals surface area contributed by atoms with Gasteiger partial charge in [0.05, 0.1) is 0 Å². The van der Waals surface area contributed by atoms with Crippen molar-refractivity contribution in [2.75, 3.05) is 4.90 Å². The van der Waals surface area contributed by atoms with E-state index in [2.05, 4.69) is 96.8 Å². The Bertz CT molecular complexity index is 676. The van der Waals surface area contributed by atoms with E-state index in [9.17, 15) is 0 Å². The lowest BCUT2D eigenvalue weighted by Gasteiger charge is -2.25. The minimum Gasteiger partial charge on any atom is -0.363 e. The molecule has 0 heterocycles. The summed E-state index contributed by atoms with van der Waals surface area (Å²) in [6, 6.07) is 30.4. The van der Waals surface area contributed by atoms with Crippen molar-refractivity contribution in [1.82, 2.24) is 0 Å². The zero-order valence-corrected chi connectivity index (χ0v) is 14.4. The van der Waals surface area contributed by atoms with Crippen molar-refractivity contribution in [1.29, 1.82) is 0 Å². The van der Waals surface area contributed by atoms with Gasteiger partial charge >= 0.3 is 0 Å². The van der Waals surface area contributed by atoms with E-state index in [1.54, 1.807) is 0 Å². The lowest BCUT2D eigenvalue weighted by Crippen LogP contribution is -2.22. The maximum atomic E-state index is 2.44. The fourth-order valence-corrected chi connectivity index (χ4v) is 3.01. The van der Waals surface area contributed by atoms with Gasteiger partial charge in [-0.25, -0.2) is 0 Å². The Hall–Kier alpha value is -2.54. The number of anilines is 1. The van der Waals surface area contributed by atoms with Crippen LogP contribution < -0.4 is 4.90 Å². The molecule has 0 radical (unpaired) electrons. The molecule has 0 amide bonds. The number of hydrogen-bond donors (Lipinski definition) is 0. The van der Waals surface area contributed by atoms with E-state index in [1.165, 1.54) is 28.8 Å². The van der Waals surface area contributed by atoms with Crippen molar-refractivity contribution in [3.05, 3.63) is 102 Å². The third-order valence-electron chi connectivity index (χ3n) is 4.27. The molecular weight excluding hydrogens is 290 g/mol. The summed E-state index contributed by atoms with van der Waals surface area (Å²) in [4.78, 5) is 2.44. The van der Waals surface area contributed by atoms with Gasteiger partial charge < -0.3 is 4.90 Å². The highest BCUT2D eigenvalue weighted by atomic mass is 15.1. The van der Waals surface area contributed by atoms with Gasteiger partial charge in [-0.3, -0.25) is 0 Å². The van der Waals surface area contributed by atoms with Crippen molar-refractivity contribution >= 4 is 5.69 Å². The molecule has 3 rings (SSSR count). The lowest BCUT2D eigenvalue weighted by molar-refractivity contribution is 0.799. The standard InChI is InChI=1S/C23H25N/c1-2-9-20-14-16-23(17-15-20)24(18-21-10-5-3-6-11-21)19-22-12-7-4-8-13-22/h3-8,10-17H,2,9,18-19H2,1H3. The predicted octanol–water partition coefficient (Wildman–Crippen LogP) is 5.85. The van der Waals surface area contributed by atoms with Crippen LogP contribution in [0.2, 0.25) is 0 Å². The van der Waals surface area contributed by atoms with E-state index < -0.39 is 0 Å². The monoisotopic (exact) mass is 315 g/mol. The number of hydrogen-bond acceptors (Lipinski definition) is 1. The van der Waals surface area contributed by atoms with E-state index in [0.717, 1.165) is 19.5 Å². The second kappa shape index (κ2) is 8.35. The largest absolute Gasteiger partial charge is 0.363 e. The Labute approximate surface area is 145 Å². The van der Waals surface area contributed by atoms with Crippen LogP contribution in [-0.4, -0.2) is 0 Å². The molecule has 0 aliphatic heterocycles. The summed E-state index contributed by atoms with van der Waals surface area (Å²) in [5.41, 5.74) is 5.38. The van der Waals surface area contributed by atoms with Crippen molar-refractivity contribution in [3.8, 4) is 0 Å². The van der Waals surface area contributed by atoms with E-state index in [0.29, 0.717) is 0 Å². The first-order valence-electron chi connectivity index (χ1n) is 8.77. The first-order valence-corrected chi connectivity index (χ1v) is 8.77. The van der Waals surface area contributed by atoms with Crippen molar-refractivity contribution in [2.24, 2.45) is 0 Å². The quantitative estimate of drug-likeness (QED) is 0.529. The SMILES string of the molecule is CCCc1ccc(N(Cc2ccccc2)Cc2ccccc2)cc1. The topological polar surface area (TPSA) is 3.24 Å². The molecule has 0 N–H and O–H groups in total. The van der Waals surface area contributed by atoms with Crippen LogP contribution >= 0.6 is 0 Å². The van der Waals surface area contributed by atoms with E-state index >= 15 is 0 Å². The van der Waals surface area contributed by atoms with Crippen LogP contribution in [0.15, 0.2) is 84.9 Å². The first kappa shape index (κ1) is 16.3. The fourth-order valence-electron chi connectivity index (χ4n) is 3.01. The van der Waals surface area contributed by atoms with E-state index in [1.807, 2.05) is 0 Å². The zero-order chi connectivity index (χ0) is 16.6. The molecule has 0 spiro atoms. The summed E-state index contributed by atoms with van der Waals surface area (Å²) in [6.45, 7) is 4.07. The Kier molecular flexibility index (Phi) is 5.68. The Morgan fingerprint density at radius 1 is 0.583 bits per heavy atom. The highest BCUT2D eigenvalue weighted by molar-refractivity contribution is 5.49. The number of rotatable bonds is 7. The van der Waals surface area contributed by atoms with Crippen LogP contribution in [-0.2, 0) is 19.5 Å². The molecule has 0 aliphatic carbocycles. The molecular formula is C23H25N. The third kappa shape index (κ3) is 4.48. The Balaban J connectivity index is 1.83. The molecule has 3 aromatic carbocycles. The summed E-state index contributed by atoms with van der Waals surface area (Å²) >= 11 is 0. The van der Waals surface area contributed by atoms with Crippen LogP contribution in [0.3, 0.4) is 0 Å². The van der Waals surface area contributed by atoms with Crippen molar-refractivity contribution < 1.29 is 0 Å². The summed E-state index contributed by atoms with van der Waals surface area (Å²) in [5.74, 6) is 0. The van der Waals surface area contributed by atoms with Gasteiger partial charge in [0, 0.05) is 18.8 Å². The molecule has 0 unspecified atom stereocenters. The Morgan fingerprint density at radius 2 is 1.08 bits per heavy atom. The highest BCUT2D eigenvalue weighted by Crippen LogP contribution is 2.21. The molecule has 24 heavy (non-hydrogen) atoms. The van der Waals surface area contributed by atoms with Gasteiger partial charge in [0.15, 0.2) is 0 Å². The van der Waals surface area contributed by atoms with Gasteiger partial charge in [-0.05, 0) is 35.2 Å². The van der Waals surface area contributed by atoms with Gasteiger partial charge in [0.1, 0.15) is 0 Å². The molecule has 0 atom stereocenters. The molecule has 0 saturated carbocycles. The van der Waals surface area contributed by atoms with Crippen molar-refractivity contribution in [2.45, 2.75) is 32.9 Å². The molecule has 0 aliphatic rings. The van der Waals surface area contributed by atoms with Crippen molar-refractivity contribution in [3.63, 3.8) is 0 Å². The van der Waals surface area contributed by atoms with Gasteiger partial charge in [-0.2, -0.15) is 0 Å². The minimum atomic E-state index is 0.920. The maximum Gasteiger partial charge on any atom is 0.0433 e. The average molecular weight is 315 g/mol. The van der Waals surface area contributed by atoms with Crippen LogP contribution in [0.5, 0.6) is 0 Å². The Morgan fingerprint density at radius 3 is 1.54 bits per heavy atom. The minimum absolute atomic E-state index is 0.920. The third-order valence-corrected chi connectivity index (χ3v) is 4.27. The fraction of sp³-hybridized carbons (Fsp3) is 0.217. The number of nitrogens with zero attached hydrogens (tertiary/aromatic N) is 1. The van der Waals surface area contributed by atoms with Gasteiger partial charge in [-0.1, -0.05) is 86.1 Å². The normalized spacial score (nSPS) is 10.5. The second-order valence-corrected chi connectivity index (χ2v) is 6.24. The predicted molar refractivity (Wildman–Crippen MR) is 103 cm³/mol. The van der Waals surface area contributed by atoms with E-state index in [4.69, 9.17) is 0 Å². The molecule has 0 saturated heterocycles. The maximum absolute atomic E-state index is 2.44. The summed E-state index contributed by atoms with van der Waals surface area (Å²) < 4.78 is 0. The van der Waals surface area contributed by atoms with Crippen LogP contribution in [0, 0.1) is 0 Å². The molecule has 122 valence electrons. The average Bonchev–Trinajstić information content (AvgIpc) is 2.64. The molecule has 0 aromatic heterocycles. The lowest BCUT2D eigenvalue weighted by atomic mass is 10.1. The summed E-state index contributed by atoms with van der Waals surface area (Å²) in [7, 11) is 0. The molecule has 1 heteroatoms. The van der Waals surface area contributed by atoms with Gasteiger partial charge in [0.2, 0.25) is 0 Å². The van der Waals surface area contributed by atoms with Gasteiger partial charge in [0.25, 0.3) is 0 Å². The molecule has 1 nitrogen and oxygen atoms in total. The molecule has 3 aromatic rings.